The van der Waals surface area contributed by atoms with Crippen LogP contribution in [0.15, 0.2) is 18.2 Å². The average molecular weight is 397 g/mol. The van der Waals surface area contributed by atoms with Gasteiger partial charge in [0.2, 0.25) is 0 Å². The van der Waals surface area contributed by atoms with Gasteiger partial charge in [-0.1, -0.05) is 44.7 Å². The average Bonchev–Trinajstić information content (AvgIpc) is 2.71. The molecule has 2 aliphatic carbocycles. The first-order valence-corrected chi connectivity index (χ1v) is 11.6. The van der Waals surface area contributed by atoms with E-state index in [-0.39, 0.29) is 5.41 Å². The number of alkyl halides is 1. The van der Waals surface area contributed by atoms with E-state index in [1.165, 1.54) is 31.7 Å². The maximum absolute atomic E-state index is 14.9. The first-order chi connectivity index (χ1) is 13.1. The van der Waals surface area contributed by atoms with Crippen molar-refractivity contribution in [3.05, 3.63) is 35.4 Å². The summed E-state index contributed by atoms with van der Waals surface area (Å²) in [6.07, 6.45) is 14.0. The zero-order valence-electron chi connectivity index (χ0n) is 16.8. The second-order valence-electron chi connectivity index (χ2n) is 9.07. The highest BCUT2D eigenvalue weighted by atomic mass is 35.5. The maximum atomic E-state index is 14.9. The van der Waals surface area contributed by atoms with E-state index >= 15 is 0 Å². The molecule has 0 unspecified atom stereocenters. The molecule has 0 N–H and O–H groups in total. The molecule has 0 nitrogen and oxygen atoms in total. The summed E-state index contributed by atoms with van der Waals surface area (Å²) in [5.74, 6) is 1.27. The molecule has 27 heavy (non-hydrogen) atoms. The van der Waals surface area contributed by atoms with Gasteiger partial charge in [-0.25, -0.2) is 8.78 Å². The molecular weight excluding hydrogens is 362 g/mol. The van der Waals surface area contributed by atoms with Crippen LogP contribution >= 0.6 is 11.6 Å². The van der Waals surface area contributed by atoms with Crippen LogP contribution in [0.25, 0.3) is 0 Å². The largest absolute Gasteiger partial charge is 0.204 e. The van der Waals surface area contributed by atoms with E-state index in [0.29, 0.717) is 17.4 Å². The van der Waals surface area contributed by atoms with Crippen molar-refractivity contribution in [2.45, 2.75) is 89.4 Å². The fourth-order valence-electron chi connectivity index (χ4n) is 5.82. The molecule has 1 aromatic carbocycles. The van der Waals surface area contributed by atoms with Crippen molar-refractivity contribution >= 4 is 11.6 Å². The van der Waals surface area contributed by atoms with Crippen LogP contribution in [0.5, 0.6) is 0 Å². The topological polar surface area (TPSA) is 0 Å². The highest BCUT2D eigenvalue weighted by Crippen LogP contribution is 2.53. The number of halogens is 3. The Balaban J connectivity index is 1.80. The summed E-state index contributed by atoms with van der Waals surface area (Å²) in [6.45, 7) is 2.25. The summed E-state index contributed by atoms with van der Waals surface area (Å²) in [6, 6.07) is 4.82. The lowest BCUT2D eigenvalue weighted by Gasteiger charge is -2.48. The fraction of sp³-hybridized carbons (Fsp3) is 0.750. The Labute approximate surface area is 169 Å². The number of hydrogen-bond acceptors (Lipinski definition) is 0. The molecule has 0 aromatic heterocycles. The van der Waals surface area contributed by atoms with E-state index in [4.69, 9.17) is 11.6 Å². The Morgan fingerprint density at radius 2 is 1.67 bits per heavy atom. The predicted molar refractivity (Wildman–Crippen MR) is 110 cm³/mol. The number of unbranched alkanes of at least 4 members (excludes halogenated alkanes) is 2. The van der Waals surface area contributed by atoms with Crippen molar-refractivity contribution in [3.8, 4) is 0 Å². The van der Waals surface area contributed by atoms with Crippen LogP contribution in [0.2, 0.25) is 0 Å². The van der Waals surface area contributed by atoms with E-state index < -0.39 is 11.6 Å². The normalized spacial score (nSPS) is 31.8. The van der Waals surface area contributed by atoms with E-state index in [2.05, 4.69) is 6.92 Å². The van der Waals surface area contributed by atoms with Gasteiger partial charge < -0.3 is 0 Å². The van der Waals surface area contributed by atoms with Gasteiger partial charge in [0.15, 0.2) is 11.6 Å². The van der Waals surface area contributed by atoms with Gasteiger partial charge in [-0.3, -0.25) is 0 Å². The molecule has 0 spiro atoms. The molecular formula is C24H35ClF2. The molecule has 3 rings (SSSR count). The van der Waals surface area contributed by atoms with Crippen LogP contribution in [-0.4, -0.2) is 5.88 Å². The van der Waals surface area contributed by atoms with Crippen molar-refractivity contribution in [2.75, 3.05) is 5.88 Å². The highest BCUT2D eigenvalue weighted by molar-refractivity contribution is 6.18. The van der Waals surface area contributed by atoms with E-state index in [1.54, 1.807) is 6.07 Å². The van der Waals surface area contributed by atoms with Gasteiger partial charge in [-0.15, -0.1) is 11.6 Å². The number of benzene rings is 1. The standard InChI is InChI=1S/C24H35ClF2/c1-2-3-4-6-18-13-15-24(16-14-18,20-11-9-19(17-25)10-12-20)21-7-5-8-22(26)23(21)27/h5,7-8,18-20H,2-4,6,9-17H2,1H3. The van der Waals surface area contributed by atoms with Crippen molar-refractivity contribution in [1.82, 2.24) is 0 Å². The van der Waals surface area contributed by atoms with E-state index in [9.17, 15) is 8.78 Å². The second kappa shape index (κ2) is 9.72. The summed E-state index contributed by atoms with van der Waals surface area (Å²) in [5, 5.41) is 0. The van der Waals surface area contributed by atoms with Crippen molar-refractivity contribution < 1.29 is 8.78 Å². The number of rotatable bonds is 7. The molecule has 0 aliphatic heterocycles. The van der Waals surface area contributed by atoms with E-state index in [0.717, 1.165) is 63.2 Å². The zero-order chi connectivity index (χ0) is 19.3. The molecule has 0 saturated heterocycles. The minimum Gasteiger partial charge on any atom is -0.204 e. The molecule has 1 aromatic rings. The van der Waals surface area contributed by atoms with E-state index in [1.807, 2.05) is 6.07 Å². The zero-order valence-corrected chi connectivity index (χ0v) is 17.5. The molecule has 0 amide bonds. The van der Waals surface area contributed by atoms with Gasteiger partial charge in [0.1, 0.15) is 0 Å². The lowest BCUT2D eigenvalue weighted by Crippen LogP contribution is -2.42. The predicted octanol–water partition coefficient (Wildman–Crippen LogP) is 8.02. The van der Waals surface area contributed by atoms with Crippen LogP contribution in [0.4, 0.5) is 8.78 Å². The minimum absolute atomic E-state index is 0.176. The van der Waals surface area contributed by atoms with Crippen molar-refractivity contribution in [2.24, 2.45) is 17.8 Å². The molecule has 3 heteroatoms. The van der Waals surface area contributed by atoms with Crippen LogP contribution in [-0.2, 0) is 5.41 Å². The third kappa shape index (κ3) is 4.69. The molecule has 152 valence electrons. The molecule has 0 heterocycles. The molecule has 2 aliphatic rings. The Kier molecular flexibility index (Phi) is 7.59. The first kappa shape index (κ1) is 21.1. The van der Waals surface area contributed by atoms with Crippen LogP contribution in [0.3, 0.4) is 0 Å². The van der Waals surface area contributed by atoms with Gasteiger partial charge in [-0.2, -0.15) is 0 Å². The first-order valence-electron chi connectivity index (χ1n) is 11.1. The van der Waals surface area contributed by atoms with Gasteiger partial charge >= 0.3 is 0 Å². The van der Waals surface area contributed by atoms with Crippen molar-refractivity contribution in [3.63, 3.8) is 0 Å². The monoisotopic (exact) mass is 396 g/mol. The molecule has 0 bridgehead atoms. The molecule has 2 fully saturated rings. The smallest absolute Gasteiger partial charge is 0.162 e. The van der Waals surface area contributed by atoms with Crippen LogP contribution < -0.4 is 0 Å². The summed E-state index contributed by atoms with van der Waals surface area (Å²) in [5.41, 5.74) is 0.480. The van der Waals surface area contributed by atoms with Crippen LogP contribution in [0, 0.1) is 29.4 Å². The lowest BCUT2D eigenvalue weighted by atomic mass is 9.56. The highest BCUT2D eigenvalue weighted by Gasteiger charge is 2.45. The summed E-state index contributed by atoms with van der Waals surface area (Å²) in [7, 11) is 0. The van der Waals surface area contributed by atoms with Gasteiger partial charge in [0.05, 0.1) is 0 Å². The molecule has 2 saturated carbocycles. The Bertz CT molecular complexity index is 584. The van der Waals surface area contributed by atoms with Crippen LogP contribution in [0.1, 0.15) is 89.5 Å². The third-order valence-corrected chi connectivity index (χ3v) is 7.98. The summed E-state index contributed by atoms with van der Waals surface area (Å²) in [4.78, 5) is 0. The van der Waals surface area contributed by atoms with Crippen molar-refractivity contribution in [1.29, 1.82) is 0 Å². The fourth-order valence-corrected chi connectivity index (χ4v) is 6.13. The Morgan fingerprint density at radius 1 is 0.963 bits per heavy atom. The molecule has 0 radical (unpaired) electrons. The summed E-state index contributed by atoms with van der Waals surface area (Å²) < 4.78 is 29.0. The van der Waals surface area contributed by atoms with Gasteiger partial charge in [0, 0.05) is 11.3 Å². The SMILES string of the molecule is CCCCCC1CCC(c2cccc(F)c2F)(C2CCC(CCl)CC2)CC1. The minimum atomic E-state index is -0.689. The Hall–Kier alpha value is -0.630. The molecule has 0 atom stereocenters. The Morgan fingerprint density at radius 3 is 2.30 bits per heavy atom. The quantitative estimate of drug-likeness (QED) is 0.323. The summed E-state index contributed by atoms with van der Waals surface area (Å²) >= 11 is 6.08. The second-order valence-corrected chi connectivity index (χ2v) is 9.38. The maximum Gasteiger partial charge on any atom is 0.162 e. The van der Waals surface area contributed by atoms with Gasteiger partial charge in [0.25, 0.3) is 0 Å². The lowest BCUT2D eigenvalue weighted by molar-refractivity contribution is 0.104. The third-order valence-electron chi connectivity index (χ3n) is 7.55. The van der Waals surface area contributed by atoms with Gasteiger partial charge in [-0.05, 0) is 80.8 Å². The number of hydrogen-bond donors (Lipinski definition) is 0.